The molecular formula is C24H19N3O2S. The molecule has 0 unspecified atom stereocenters. The Morgan fingerprint density at radius 1 is 1.03 bits per heavy atom. The number of thioether (sulfide) groups is 1. The molecule has 5 nitrogen and oxygen atoms in total. The van der Waals surface area contributed by atoms with Gasteiger partial charge < -0.3 is 4.74 Å². The Morgan fingerprint density at radius 3 is 2.47 bits per heavy atom. The molecule has 6 heteroatoms. The van der Waals surface area contributed by atoms with Crippen LogP contribution in [-0.2, 0) is 5.75 Å². The molecule has 1 aromatic heterocycles. The van der Waals surface area contributed by atoms with Gasteiger partial charge in [0.15, 0.2) is 5.16 Å². The number of hydrogen-bond acceptors (Lipinski definition) is 5. The third-order valence-electron chi connectivity index (χ3n) is 4.60. The number of hydrogen-bond donors (Lipinski definition) is 0. The maximum atomic E-state index is 13.3. The minimum absolute atomic E-state index is 0.105. The van der Waals surface area contributed by atoms with E-state index in [1.54, 1.807) is 22.8 Å². The first-order valence-electron chi connectivity index (χ1n) is 9.56. The van der Waals surface area contributed by atoms with Crippen molar-refractivity contribution < 1.29 is 4.74 Å². The van der Waals surface area contributed by atoms with E-state index in [0.29, 0.717) is 34.0 Å². The first-order valence-corrected chi connectivity index (χ1v) is 10.5. The van der Waals surface area contributed by atoms with Gasteiger partial charge in [-0.2, -0.15) is 5.26 Å². The summed E-state index contributed by atoms with van der Waals surface area (Å²) in [7, 11) is 0. The van der Waals surface area contributed by atoms with Crippen LogP contribution in [0.4, 0.5) is 0 Å². The van der Waals surface area contributed by atoms with Crippen LogP contribution in [0.2, 0.25) is 0 Å². The molecule has 148 valence electrons. The van der Waals surface area contributed by atoms with E-state index in [9.17, 15) is 4.79 Å². The minimum Gasteiger partial charge on any atom is -0.494 e. The summed E-state index contributed by atoms with van der Waals surface area (Å²) >= 11 is 1.49. The van der Waals surface area contributed by atoms with Crippen molar-refractivity contribution in [3.05, 3.63) is 94.3 Å². The van der Waals surface area contributed by atoms with Gasteiger partial charge in [0.05, 0.1) is 34.8 Å². The van der Waals surface area contributed by atoms with E-state index < -0.39 is 0 Å². The Hall–Kier alpha value is -3.56. The molecule has 0 radical (unpaired) electrons. The van der Waals surface area contributed by atoms with Crippen molar-refractivity contribution in [1.29, 1.82) is 5.26 Å². The smallest absolute Gasteiger partial charge is 0.266 e. The third kappa shape index (κ3) is 4.07. The van der Waals surface area contributed by atoms with Crippen molar-refractivity contribution in [2.75, 3.05) is 6.61 Å². The minimum atomic E-state index is -0.105. The fourth-order valence-corrected chi connectivity index (χ4v) is 4.09. The highest BCUT2D eigenvalue weighted by Gasteiger charge is 2.13. The van der Waals surface area contributed by atoms with Gasteiger partial charge in [0, 0.05) is 5.75 Å². The van der Waals surface area contributed by atoms with Crippen LogP contribution in [0.15, 0.2) is 82.7 Å². The SMILES string of the molecule is CCOc1ccc(-n2c(SCc3ccc(C#N)cc3)nc3ccccc3c2=O)cc1. The lowest BCUT2D eigenvalue weighted by molar-refractivity contribution is 0.340. The van der Waals surface area contributed by atoms with Crippen LogP contribution in [0.25, 0.3) is 16.6 Å². The Bertz CT molecular complexity index is 1270. The molecule has 0 saturated carbocycles. The van der Waals surface area contributed by atoms with Gasteiger partial charge in [-0.15, -0.1) is 0 Å². The summed E-state index contributed by atoms with van der Waals surface area (Å²) < 4.78 is 7.17. The van der Waals surface area contributed by atoms with Crippen LogP contribution < -0.4 is 10.3 Å². The van der Waals surface area contributed by atoms with Crippen molar-refractivity contribution >= 4 is 22.7 Å². The molecule has 0 N–H and O–H groups in total. The Balaban J connectivity index is 1.75. The third-order valence-corrected chi connectivity index (χ3v) is 5.61. The van der Waals surface area contributed by atoms with Crippen LogP contribution in [0.3, 0.4) is 0 Å². The van der Waals surface area contributed by atoms with Gasteiger partial charge in [0.2, 0.25) is 0 Å². The lowest BCUT2D eigenvalue weighted by Crippen LogP contribution is -2.21. The molecule has 0 fully saturated rings. The fourth-order valence-electron chi connectivity index (χ4n) is 3.12. The monoisotopic (exact) mass is 413 g/mol. The maximum absolute atomic E-state index is 13.3. The van der Waals surface area contributed by atoms with Crippen molar-refractivity contribution in [3.8, 4) is 17.5 Å². The largest absolute Gasteiger partial charge is 0.494 e. The number of para-hydroxylation sites is 1. The van der Waals surface area contributed by atoms with Gasteiger partial charge in [-0.3, -0.25) is 9.36 Å². The molecule has 1 heterocycles. The highest BCUT2D eigenvalue weighted by atomic mass is 32.2. The van der Waals surface area contributed by atoms with E-state index in [1.165, 1.54) is 11.8 Å². The van der Waals surface area contributed by atoms with E-state index in [0.717, 1.165) is 17.0 Å². The molecule has 0 aliphatic rings. The van der Waals surface area contributed by atoms with Crippen molar-refractivity contribution in [1.82, 2.24) is 9.55 Å². The first-order chi connectivity index (χ1) is 14.7. The molecule has 0 aliphatic carbocycles. The Labute approximate surface area is 178 Å². The average molecular weight is 414 g/mol. The molecule has 30 heavy (non-hydrogen) atoms. The van der Waals surface area contributed by atoms with Crippen LogP contribution in [0, 0.1) is 11.3 Å². The number of fused-ring (bicyclic) bond motifs is 1. The zero-order valence-electron chi connectivity index (χ0n) is 16.4. The summed E-state index contributed by atoms with van der Waals surface area (Å²) in [5.41, 5.74) is 2.99. The van der Waals surface area contributed by atoms with E-state index >= 15 is 0 Å². The van der Waals surface area contributed by atoms with E-state index in [2.05, 4.69) is 6.07 Å². The summed E-state index contributed by atoms with van der Waals surface area (Å²) in [6, 6.07) is 24.4. The second kappa shape index (κ2) is 8.85. The predicted molar refractivity (Wildman–Crippen MR) is 119 cm³/mol. The van der Waals surface area contributed by atoms with Crippen LogP contribution in [0.1, 0.15) is 18.1 Å². The van der Waals surface area contributed by atoms with Crippen LogP contribution in [0.5, 0.6) is 5.75 Å². The van der Waals surface area contributed by atoms with Crippen LogP contribution >= 0.6 is 11.8 Å². The number of rotatable bonds is 6. The van der Waals surface area contributed by atoms with Crippen molar-refractivity contribution in [3.63, 3.8) is 0 Å². The highest BCUT2D eigenvalue weighted by Crippen LogP contribution is 2.25. The molecule has 0 bridgehead atoms. The van der Waals surface area contributed by atoms with Gasteiger partial charge in [0.25, 0.3) is 5.56 Å². The lowest BCUT2D eigenvalue weighted by Gasteiger charge is -2.14. The molecule has 0 saturated heterocycles. The molecule has 4 aromatic rings. The van der Waals surface area contributed by atoms with Gasteiger partial charge in [0.1, 0.15) is 5.75 Å². The quantitative estimate of drug-likeness (QED) is 0.330. The molecule has 0 aliphatic heterocycles. The second-order valence-corrected chi connectivity index (χ2v) is 7.52. The number of nitriles is 1. The maximum Gasteiger partial charge on any atom is 0.266 e. The van der Waals surface area contributed by atoms with Gasteiger partial charge in [-0.25, -0.2) is 4.98 Å². The summed E-state index contributed by atoms with van der Waals surface area (Å²) in [6.45, 7) is 2.52. The number of aromatic nitrogens is 2. The molecule has 0 spiro atoms. The van der Waals surface area contributed by atoms with Gasteiger partial charge in [-0.05, 0) is 61.0 Å². The van der Waals surface area contributed by atoms with E-state index in [-0.39, 0.29) is 5.56 Å². The first kappa shape index (κ1) is 19.7. The van der Waals surface area contributed by atoms with Crippen molar-refractivity contribution in [2.24, 2.45) is 0 Å². The molecule has 0 atom stereocenters. The van der Waals surface area contributed by atoms with E-state index in [4.69, 9.17) is 15.0 Å². The Kier molecular flexibility index (Phi) is 5.82. The topological polar surface area (TPSA) is 67.9 Å². The normalized spacial score (nSPS) is 10.7. The average Bonchev–Trinajstić information content (AvgIpc) is 2.79. The summed E-state index contributed by atoms with van der Waals surface area (Å²) in [5.74, 6) is 1.39. The number of nitrogens with zero attached hydrogens (tertiary/aromatic N) is 3. The highest BCUT2D eigenvalue weighted by molar-refractivity contribution is 7.98. The predicted octanol–water partition coefficient (Wildman–Crippen LogP) is 4.95. The summed E-state index contributed by atoms with van der Waals surface area (Å²) in [4.78, 5) is 18.1. The zero-order valence-corrected chi connectivity index (χ0v) is 17.2. The van der Waals surface area contributed by atoms with Crippen LogP contribution in [-0.4, -0.2) is 16.2 Å². The van der Waals surface area contributed by atoms with Crippen molar-refractivity contribution in [2.45, 2.75) is 17.8 Å². The van der Waals surface area contributed by atoms with E-state index in [1.807, 2.05) is 61.5 Å². The molecular weight excluding hydrogens is 394 g/mol. The zero-order chi connectivity index (χ0) is 20.9. The standard InChI is InChI=1S/C24H19N3O2S/c1-2-29-20-13-11-19(12-14-20)27-23(28)21-5-3-4-6-22(21)26-24(27)30-16-18-9-7-17(15-25)8-10-18/h3-14H,2,16H2,1H3. The molecule has 4 rings (SSSR count). The fraction of sp³-hybridized carbons (Fsp3) is 0.125. The Morgan fingerprint density at radius 2 is 1.77 bits per heavy atom. The second-order valence-electron chi connectivity index (χ2n) is 6.58. The summed E-state index contributed by atoms with van der Waals surface area (Å²) in [5, 5.41) is 10.2. The number of ether oxygens (including phenoxy) is 1. The van der Waals surface area contributed by atoms with Gasteiger partial charge in [-0.1, -0.05) is 36.0 Å². The molecule has 3 aromatic carbocycles. The molecule has 0 amide bonds. The van der Waals surface area contributed by atoms with Gasteiger partial charge >= 0.3 is 0 Å². The summed E-state index contributed by atoms with van der Waals surface area (Å²) in [6.07, 6.45) is 0. The lowest BCUT2D eigenvalue weighted by atomic mass is 10.2. The number of benzene rings is 3.